The fourth-order valence-corrected chi connectivity index (χ4v) is 5.29. The lowest BCUT2D eigenvalue weighted by molar-refractivity contribution is -0.129. The van der Waals surface area contributed by atoms with Crippen molar-refractivity contribution >= 4 is 40.7 Å². The molecule has 2 saturated heterocycles. The fourth-order valence-electron chi connectivity index (χ4n) is 5.29. The SMILES string of the molecule is COc1ccc2c(c1)C(=O)N(C[C@@]1(c3cc4nc(N5CCN(C(C)=O)CC5)ccc4o3)NC(=O)NC1=O)C2. The summed E-state index contributed by atoms with van der Waals surface area (Å²) in [6.07, 6.45) is 0. The molecule has 6 rings (SSSR count). The van der Waals surface area contributed by atoms with Gasteiger partial charge in [0.05, 0.1) is 13.7 Å². The number of nitrogens with one attached hydrogen (secondary N) is 2. The summed E-state index contributed by atoms with van der Waals surface area (Å²) >= 11 is 0. The minimum atomic E-state index is -1.62. The zero-order valence-electron chi connectivity index (χ0n) is 20.9. The van der Waals surface area contributed by atoms with Crippen LogP contribution >= 0.6 is 0 Å². The number of fused-ring (bicyclic) bond motifs is 2. The molecule has 2 aromatic heterocycles. The summed E-state index contributed by atoms with van der Waals surface area (Å²) in [7, 11) is 1.53. The Morgan fingerprint density at radius 3 is 2.58 bits per heavy atom. The van der Waals surface area contributed by atoms with Gasteiger partial charge in [-0.2, -0.15) is 0 Å². The highest BCUT2D eigenvalue weighted by atomic mass is 16.5. The molecule has 12 heteroatoms. The van der Waals surface area contributed by atoms with E-state index in [9.17, 15) is 19.2 Å². The second-order valence-electron chi connectivity index (χ2n) is 9.65. The van der Waals surface area contributed by atoms with Crippen molar-refractivity contribution in [1.29, 1.82) is 0 Å². The third-order valence-corrected chi connectivity index (χ3v) is 7.39. The molecule has 1 aromatic carbocycles. The molecule has 0 saturated carbocycles. The highest BCUT2D eigenvalue weighted by Crippen LogP contribution is 2.35. The maximum absolute atomic E-state index is 13.2. The molecule has 5 amide bonds. The number of urea groups is 1. The molecule has 3 aromatic rings. The van der Waals surface area contributed by atoms with Gasteiger partial charge in [0.1, 0.15) is 22.8 Å². The maximum Gasteiger partial charge on any atom is 0.322 e. The molecule has 0 spiro atoms. The zero-order chi connectivity index (χ0) is 26.6. The fraction of sp³-hybridized carbons (Fsp3) is 0.346. The van der Waals surface area contributed by atoms with Crippen molar-refractivity contribution in [2.45, 2.75) is 19.0 Å². The second-order valence-corrected chi connectivity index (χ2v) is 9.65. The van der Waals surface area contributed by atoms with Crippen LogP contribution < -0.4 is 20.3 Å². The Morgan fingerprint density at radius 2 is 1.89 bits per heavy atom. The van der Waals surface area contributed by atoms with E-state index in [1.165, 1.54) is 12.0 Å². The van der Waals surface area contributed by atoms with Crippen molar-refractivity contribution in [3.63, 3.8) is 0 Å². The van der Waals surface area contributed by atoms with Gasteiger partial charge in [-0.05, 0) is 29.8 Å². The van der Waals surface area contributed by atoms with Gasteiger partial charge in [0.25, 0.3) is 11.8 Å². The molecule has 1 atom stereocenters. The molecular weight excluding hydrogens is 492 g/mol. The number of amides is 5. The van der Waals surface area contributed by atoms with E-state index in [2.05, 4.69) is 15.5 Å². The van der Waals surface area contributed by atoms with E-state index in [0.29, 0.717) is 48.6 Å². The number of aromatic nitrogens is 1. The Labute approximate surface area is 217 Å². The lowest BCUT2D eigenvalue weighted by Gasteiger charge is -2.34. The zero-order valence-corrected chi connectivity index (χ0v) is 20.9. The van der Waals surface area contributed by atoms with E-state index in [1.54, 1.807) is 36.1 Å². The largest absolute Gasteiger partial charge is 0.497 e. The molecule has 196 valence electrons. The van der Waals surface area contributed by atoms with Crippen LogP contribution in [0, 0.1) is 0 Å². The number of benzene rings is 1. The number of pyridine rings is 1. The number of ether oxygens (including phenoxy) is 1. The average Bonchev–Trinajstić information content (AvgIpc) is 3.57. The van der Waals surface area contributed by atoms with Crippen LogP contribution in [-0.2, 0) is 21.7 Å². The molecule has 0 aliphatic carbocycles. The normalized spacial score (nSPS) is 21.1. The summed E-state index contributed by atoms with van der Waals surface area (Å²) in [6, 6.07) is 9.81. The number of hydrogen-bond acceptors (Lipinski definition) is 8. The summed E-state index contributed by atoms with van der Waals surface area (Å²) < 4.78 is 11.3. The number of methoxy groups -OCH3 is 1. The lowest BCUT2D eigenvalue weighted by atomic mass is 9.95. The molecule has 0 bridgehead atoms. The molecule has 38 heavy (non-hydrogen) atoms. The summed E-state index contributed by atoms with van der Waals surface area (Å²) in [4.78, 5) is 60.5. The summed E-state index contributed by atoms with van der Waals surface area (Å²) in [6.45, 7) is 4.23. The van der Waals surface area contributed by atoms with E-state index in [0.717, 1.165) is 11.4 Å². The average molecular weight is 519 g/mol. The van der Waals surface area contributed by atoms with E-state index in [1.807, 2.05) is 12.1 Å². The van der Waals surface area contributed by atoms with Crippen molar-refractivity contribution in [1.82, 2.24) is 25.4 Å². The van der Waals surface area contributed by atoms with Crippen LogP contribution in [0.3, 0.4) is 0 Å². The van der Waals surface area contributed by atoms with Crippen LogP contribution in [0.1, 0.15) is 28.6 Å². The van der Waals surface area contributed by atoms with Crippen LogP contribution in [0.25, 0.3) is 11.1 Å². The number of anilines is 1. The maximum atomic E-state index is 13.2. The Kier molecular flexibility index (Phi) is 5.47. The van der Waals surface area contributed by atoms with Gasteiger partial charge in [-0.3, -0.25) is 19.7 Å². The van der Waals surface area contributed by atoms with E-state index in [-0.39, 0.29) is 30.7 Å². The molecule has 5 heterocycles. The number of furan rings is 1. The number of nitrogens with zero attached hydrogens (tertiary/aromatic N) is 4. The van der Waals surface area contributed by atoms with Crippen LogP contribution in [-0.4, -0.2) is 78.4 Å². The van der Waals surface area contributed by atoms with Crippen molar-refractivity contribution in [2.24, 2.45) is 0 Å². The topological polar surface area (TPSA) is 137 Å². The third kappa shape index (κ3) is 3.80. The Morgan fingerprint density at radius 1 is 1.11 bits per heavy atom. The first-order valence-corrected chi connectivity index (χ1v) is 12.3. The molecule has 0 unspecified atom stereocenters. The summed E-state index contributed by atoms with van der Waals surface area (Å²) in [5, 5.41) is 4.98. The predicted octanol–water partition coefficient (Wildman–Crippen LogP) is 1.20. The number of rotatable bonds is 5. The van der Waals surface area contributed by atoms with Crippen molar-refractivity contribution in [2.75, 3.05) is 44.7 Å². The molecule has 3 aliphatic rings. The quantitative estimate of drug-likeness (QED) is 0.481. The minimum absolute atomic E-state index is 0.0495. The molecule has 2 N–H and O–H groups in total. The van der Waals surface area contributed by atoms with E-state index in [4.69, 9.17) is 14.1 Å². The Balaban J connectivity index is 1.30. The minimum Gasteiger partial charge on any atom is -0.497 e. The molecule has 2 fully saturated rings. The van der Waals surface area contributed by atoms with Gasteiger partial charge in [0.2, 0.25) is 5.91 Å². The Bertz CT molecular complexity index is 1490. The van der Waals surface area contributed by atoms with E-state index >= 15 is 0 Å². The first-order valence-electron chi connectivity index (χ1n) is 12.3. The third-order valence-electron chi connectivity index (χ3n) is 7.39. The first kappa shape index (κ1) is 23.8. The predicted molar refractivity (Wildman–Crippen MR) is 135 cm³/mol. The van der Waals surface area contributed by atoms with Gasteiger partial charge >= 0.3 is 6.03 Å². The number of imide groups is 1. The van der Waals surface area contributed by atoms with Gasteiger partial charge in [-0.15, -0.1) is 0 Å². The highest BCUT2D eigenvalue weighted by molar-refractivity contribution is 6.08. The van der Waals surface area contributed by atoms with Gasteiger partial charge in [0, 0.05) is 51.3 Å². The van der Waals surface area contributed by atoms with Gasteiger partial charge in [-0.25, -0.2) is 9.78 Å². The Hall–Kier alpha value is -4.61. The van der Waals surface area contributed by atoms with Gasteiger partial charge in [0.15, 0.2) is 11.1 Å². The molecule has 0 radical (unpaired) electrons. The first-order chi connectivity index (χ1) is 18.3. The lowest BCUT2D eigenvalue weighted by Crippen LogP contribution is -2.52. The van der Waals surface area contributed by atoms with Crippen molar-refractivity contribution in [3.8, 4) is 5.75 Å². The number of carbonyl (C=O) groups excluding carboxylic acids is 4. The highest BCUT2D eigenvalue weighted by Gasteiger charge is 2.53. The molecule has 3 aliphatic heterocycles. The number of hydrogen-bond donors (Lipinski definition) is 2. The number of piperazine rings is 1. The monoisotopic (exact) mass is 518 g/mol. The van der Waals surface area contributed by atoms with Gasteiger partial charge in [-0.1, -0.05) is 6.07 Å². The molecule has 12 nitrogen and oxygen atoms in total. The number of carbonyl (C=O) groups is 4. The van der Waals surface area contributed by atoms with E-state index < -0.39 is 17.5 Å². The molecular formula is C26H26N6O6. The van der Waals surface area contributed by atoms with Crippen LogP contribution in [0.5, 0.6) is 5.75 Å². The van der Waals surface area contributed by atoms with Gasteiger partial charge < -0.3 is 29.2 Å². The smallest absolute Gasteiger partial charge is 0.322 e. The van der Waals surface area contributed by atoms with Crippen LogP contribution in [0.15, 0.2) is 40.8 Å². The van der Waals surface area contributed by atoms with Crippen LogP contribution in [0.4, 0.5) is 10.6 Å². The summed E-state index contributed by atoms with van der Waals surface area (Å²) in [5.41, 5.74) is 0.634. The van der Waals surface area contributed by atoms with Crippen molar-refractivity contribution in [3.05, 3.63) is 53.3 Å². The summed E-state index contributed by atoms with van der Waals surface area (Å²) in [5.74, 6) is 0.636. The second kappa shape index (κ2) is 8.75. The standard InChI is InChI=1S/C26H26N6O6/c1-15(33)30-7-9-31(10-8-30)22-6-5-20-19(27-22)12-21(38-20)26(24(35)28-25(36)29-26)14-32-13-16-3-4-17(37-2)11-18(16)23(32)34/h3-6,11-12H,7-10,13-14H2,1-2H3,(H2,28,29,35,36)/t26-/m0/s1. The van der Waals surface area contributed by atoms with Crippen LogP contribution in [0.2, 0.25) is 0 Å². The van der Waals surface area contributed by atoms with Crippen molar-refractivity contribution < 1.29 is 28.3 Å².